The first kappa shape index (κ1) is 13.6. The number of hydrogen-bond acceptors (Lipinski definition) is 3. The van der Waals surface area contributed by atoms with Crippen LogP contribution in [0.2, 0.25) is 0 Å². The second-order valence-electron chi connectivity index (χ2n) is 6.01. The van der Waals surface area contributed by atoms with Crippen LogP contribution in [0.25, 0.3) is 0 Å². The summed E-state index contributed by atoms with van der Waals surface area (Å²) in [6.45, 7) is 0.692. The van der Waals surface area contributed by atoms with Gasteiger partial charge in [-0.2, -0.15) is 0 Å². The molecule has 1 aromatic heterocycles. The third-order valence-corrected chi connectivity index (χ3v) is 4.61. The average molecular weight is 273 g/mol. The summed E-state index contributed by atoms with van der Waals surface area (Å²) in [5, 5.41) is 6.57. The number of carbonyl (C=O) groups excluding carboxylic acids is 1. The Labute approximate surface area is 120 Å². The van der Waals surface area contributed by atoms with E-state index >= 15 is 0 Å². The summed E-state index contributed by atoms with van der Waals surface area (Å²) in [6, 6.07) is 4.58. The minimum Gasteiger partial charge on any atom is -0.354 e. The Balaban J connectivity index is 1.43. The molecular formula is C16H23N3O. The molecule has 2 N–H and O–H groups in total. The van der Waals surface area contributed by atoms with Crippen LogP contribution in [0, 0.1) is 5.92 Å². The zero-order valence-electron chi connectivity index (χ0n) is 11.8. The molecule has 1 aliphatic carbocycles. The fourth-order valence-electron chi connectivity index (χ4n) is 3.52. The highest BCUT2D eigenvalue weighted by atomic mass is 16.2. The van der Waals surface area contributed by atoms with Gasteiger partial charge in [-0.25, -0.2) is 0 Å². The largest absolute Gasteiger partial charge is 0.354 e. The van der Waals surface area contributed by atoms with Crippen LogP contribution in [0.5, 0.6) is 0 Å². The van der Waals surface area contributed by atoms with Crippen LogP contribution in [0.3, 0.4) is 0 Å². The monoisotopic (exact) mass is 273 g/mol. The number of hydrogen-bond donors (Lipinski definition) is 2. The van der Waals surface area contributed by atoms with Crippen molar-refractivity contribution in [2.24, 2.45) is 5.92 Å². The standard InChI is InChI=1S/C16H23N3O/c20-16(18-9-7-12-4-3-8-17-11-12)15-10-13-5-1-2-6-14(13)19-15/h3-4,8,11,13-15,19H,1-2,5-7,9-10H2,(H,18,20). The number of amides is 1. The van der Waals surface area contributed by atoms with Crippen molar-refractivity contribution in [2.75, 3.05) is 6.54 Å². The average Bonchev–Trinajstić information content (AvgIpc) is 2.92. The van der Waals surface area contributed by atoms with Crippen LogP contribution in [0.4, 0.5) is 0 Å². The van der Waals surface area contributed by atoms with Gasteiger partial charge in [-0.1, -0.05) is 18.9 Å². The lowest BCUT2D eigenvalue weighted by Crippen LogP contribution is -2.43. The molecular weight excluding hydrogens is 250 g/mol. The van der Waals surface area contributed by atoms with Crippen molar-refractivity contribution in [3.8, 4) is 0 Å². The maximum atomic E-state index is 12.2. The van der Waals surface area contributed by atoms with Gasteiger partial charge in [0.1, 0.15) is 0 Å². The van der Waals surface area contributed by atoms with Crippen molar-refractivity contribution in [3.05, 3.63) is 30.1 Å². The number of fused-ring (bicyclic) bond motifs is 1. The molecule has 3 unspecified atom stereocenters. The van der Waals surface area contributed by atoms with E-state index in [0.29, 0.717) is 12.6 Å². The van der Waals surface area contributed by atoms with E-state index in [2.05, 4.69) is 15.6 Å². The Morgan fingerprint density at radius 2 is 2.30 bits per heavy atom. The summed E-state index contributed by atoms with van der Waals surface area (Å²) in [5.74, 6) is 0.890. The van der Waals surface area contributed by atoms with E-state index in [1.165, 1.54) is 31.2 Å². The van der Waals surface area contributed by atoms with Gasteiger partial charge >= 0.3 is 0 Å². The van der Waals surface area contributed by atoms with Gasteiger partial charge in [-0.15, -0.1) is 0 Å². The molecule has 1 aliphatic heterocycles. The van der Waals surface area contributed by atoms with Gasteiger partial charge in [0.05, 0.1) is 6.04 Å². The van der Waals surface area contributed by atoms with Crippen molar-refractivity contribution >= 4 is 5.91 Å². The molecule has 2 aliphatic rings. The minimum atomic E-state index is 0.0250. The molecule has 2 heterocycles. The summed E-state index contributed by atoms with van der Waals surface area (Å²) in [5.41, 5.74) is 1.17. The zero-order chi connectivity index (χ0) is 13.8. The maximum absolute atomic E-state index is 12.2. The molecule has 0 aromatic carbocycles. The molecule has 2 fully saturated rings. The van der Waals surface area contributed by atoms with Crippen LogP contribution >= 0.6 is 0 Å². The first-order valence-electron chi connectivity index (χ1n) is 7.75. The number of rotatable bonds is 4. The first-order chi connectivity index (χ1) is 9.83. The Morgan fingerprint density at radius 3 is 3.10 bits per heavy atom. The van der Waals surface area contributed by atoms with E-state index in [1.54, 1.807) is 6.20 Å². The van der Waals surface area contributed by atoms with Crippen molar-refractivity contribution in [1.82, 2.24) is 15.6 Å². The molecule has 0 radical (unpaired) electrons. The van der Waals surface area contributed by atoms with Crippen LogP contribution in [-0.2, 0) is 11.2 Å². The number of carbonyl (C=O) groups is 1. The number of pyridine rings is 1. The molecule has 1 saturated carbocycles. The molecule has 4 nitrogen and oxygen atoms in total. The minimum absolute atomic E-state index is 0.0250. The molecule has 1 aromatic rings. The van der Waals surface area contributed by atoms with Gasteiger partial charge in [0, 0.05) is 25.0 Å². The van der Waals surface area contributed by atoms with Crippen molar-refractivity contribution in [1.29, 1.82) is 0 Å². The molecule has 0 spiro atoms. The Hall–Kier alpha value is -1.42. The third kappa shape index (κ3) is 3.18. The van der Waals surface area contributed by atoms with Gasteiger partial charge in [-0.05, 0) is 43.2 Å². The van der Waals surface area contributed by atoms with Crippen molar-refractivity contribution < 1.29 is 4.79 Å². The molecule has 3 rings (SSSR count). The highest BCUT2D eigenvalue weighted by Crippen LogP contribution is 2.33. The molecule has 1 saturated heterocycles. The van der Waals surface area contributed by atoms with Crippen molar-refractivity contribution in [3.63, 3.8) is 0 Å². The van der Waals surface area contributed by atoms with Crippen LogP contribution in [0.15, 0.2) is 24.5 Å². The third-order valence-electron chi connectivity index (χ3n) is 4.61. The summed E-state index contributed by atoms with van der Waals surface area (Å²) < 4.78 is 0. The summed E-state index contributed by atoms with van der Waals surface area (Å²) >= 11 is 0. The zero-order valence-corrected chi connectivity index (χ0v) is 11.8. The van der Waals surface area contributed by atoms with E-state index in [-0.39, 0.29) is 11.9 Å². The first-order valence-corrected chi connectivity index (χ1v) is 7.75. The summed E-state index contributed by atoms with van der Waals surface area (Å²) in [6.07, 6.45) is 10.7. The van der Waals surface area contributed by atoms with Gasteiger partial charge < -0.3 is 10.6 Å². The van der Waals surface area contributed by atoms with Gasteiger partial charge in [0.2, 0.25) is 5.91 Å². The second-order valence-corrected chi connectivity index (χ2v) is 6.01. The highest BCUT2D eigenvalue weighted by molar-refractivity contribution is 5.82. The molecule has 108 valence electrons. The van der Waals surface area contributed by atoms with Crippen LogP contribution in [-0.4, -0.2) is 29.5 Å². The van der Waals surface area contributed by atoms with Gasteiger partial charge in [-0.3, -0.25) is 9.78 Å². The lowest BCUT2D eigenvalue weighted by atomic mass is 9.85. The lowest BCUT2D eigenvalue weighted by molar-refractivity contribution is -0.122. The Kier molecular flexibility index (Phi) is 4.31. The fraction of sp³-hybridized carbons (Fsp3) is 0.625. The SMILES string of the molecule is O=C(NCCc1cccnc1)C1CC2CCCCC2N1. The topological polar surface area (TPSA) is 54.0 Å². The van der Waals surface area contributed by atoms with E-state index in [1.807, 2.05) is 18.3 Å². The molecule has 0 bridgehead atoms. The smallest absolute Gasteiger partial charge is 0.237 e. The molecule has 1 amide bonds. The van der Waals surface area contributed by atoms with E-state index < -0.39 is 0 Å². The summed E-state index contributed by atoms with van der Waals surface area (Å²) in [4.78, 5) is 16.3. The summed E-state index contributed by atoms with van der Waals surface area (Å²) in [7, 11) is 0. The number of nitrogens with one attached hydrogen (secondary N) is 2. The fourth-order valence-corrected chi connectivity index (χ4v) is 3.52. The molecule has 4 heteroatoms. The number of nitrogens with zero attached hydrogens (tertiary/aromatic N) is 1. The Bertz CT molecular complexity index is 434. The maximum Gasteiger partial charge on any atom is 0.237 e. The second kappa shape index (κ2) is 6.35. The number of aromatic nitrogens is 1. The van der Waals surface area contributed by atoms with Crippen LogP contribution in [0.1, 0.15) is 37.7 Å². The highest BCUT2D eigenvalue weighted by Gasteiger charge is 2.37. The normalized spacial score (nSPS) is 28.9. The molecule has 20 heavy (non-hydrogen) atoms. The van der Waals surface area contributed by atoms with E-state index in [9.17, 15) is 4.79 Å². The predicted molar refractivity (Wildman–Crippen MR) is 78.2 cm³/mol. The quantitative estimate of drug-likeness (QED) is 0.877. The predicted octanol–water partition coefficient (Wildman–Crippen LogP) is 1.66. The van der Waals surface area contributed by atoms with Gasteiger partial charge in [0.25, 0.3) is 0 Å². The lowest BCUT2D eigenvalue weighted by Gasteiger charge is -2.24. The molecule has 3 atom stereocenters. The van der Waals surface area contributed by atoms with E-state index in [0.717, 1.165) is 18.8 Å². The van der Waals surface area contributed by atoms with Crippen molar-refractivity contribution in [2.45, 2.75) is 50.6 Å². The van der Waals surface area contributed by atoms with Crippen LogP contribution < -0.4 is 10.6 Å². The Morgan fingerprint density at radius 1 is 1.40 bits per heavy atom. The van der Waals surface area contributed by atoms with E-state index in [4.69, 9.17) is 0 Å². The van der Waals surface area contributed by atoms with Gasteiger partial charge in [0.15, 0.2) is 0 Å².